The third-order valence-electron chi connectivity index (χ3n) is 6.47. The van der Waals surface area contributed by atoms with Crippen LogP contribution in [0.25, 0.3) is 44.2 Å². The van der Waals surface area contributed by atoms with Gasteiger partial charge in [-0.25, -0.2) is 4.98 Å². The van der Waals surface area contributed by atoms with Gasteiger partial charge >= 0.3 is 12.0 Å². The molecule has 3 aromatic carbocycles. The molecule has 0 atom stereocenters. The molecule has 0 bridgehead atoms. The van der Waals surface area contributed by atoms with Crippen LogP contribution >= 0.6 is 0 Å². The summed E-state index contributed by atoms with van der Waals surface area (Å²) >= 11 is 0. The number of carbonyl (C=O) groups excluding carboxylic acids is 1. The van der Waals surface area contributed by atoms with Crippen LogP contribution < -0.4 is 20.8 Å². The monoisotopic (exact) mass is 522 g/mol. The Morgan fingerprint density at radius 1 is 1.00 bits per heavy atom. The Hall–Kier alpha value is -4.96. The van der Waals surface area contributed by atoms with E-state index in [0.717, 1.165) is 28.6 Å². The number of rotatable bonds is 8. The lowest BCUT2D eigenvalue weighted by atomic mass is 10.1. The van der Waals surface area contributed by atoms with Crippen molar-refractivity contribution in [2.75, 3.05) is 6.54 Å². The van der Waals surface area contributed by atoms with Gasteiger partial charge in [-0.3, -0.25) is 9.59 Å². The van der Waals surface area contributed by atoms with Crippen molar-refractivity contribution < 1.29 is 14.3 Å². The fourth-order valence-corrected chi connectivity index (χ4v) is 4.67. The van der Waals surface area contributed by atoms with E-state index in [1.54, 1.807) is 12.1 Å². The Labute approximate surface area is 222 Å². The summed E-state index contributed by atoms with van der Waals surface area (Å²) in [6.07, 6.45) is 2.72. The maximum absolute atomic E-state index is 13.2. The Bertz CT molecular complexity index is 1890. The van der Waals surface area contributed by atoms with Crippen LogP contribution in [0.3, 0.4) is 0 Å². The van der Waals surface area contributed by atoms with Gasteiger partial charge in [0.15, 0.2) is 0 Å². The van der Waals surface area contributed by atoms with E-state index in [1.165, 1.54) is 6.92 Å². The van der Waals surface area contributed by atoms with E-state index < -0.39 is 5.97 Å². The van der Waals surface area contributed by atoms with Gasteiger partial charge in [0.2, 0.25) is 0 Å². The van der Waals surface area contributed by atoms with Crippen molar-refractivity contribution >= 4 is 38.9 Å². The highest BCUT2D eigenvalue weighted by Crippen LogP contribution is 2.32. The van der Waals surface area contributed by atoms with Gasteiger partial charge in [0, 0.05) is 36.7 Å². The molecule has 0 amide bonds. The highest BCUT2D eigenvalue weighted by molar-refractivity contribution is 5.97. The molecule has 0 fully saturated rings. The Morgan fingerprint density at radius 2 is 1.77 bits per heavy atom. The highest BCUT2D eigenvalue weighted by Gasteiger charge is 2.17. The molecule has 0 saturated heterocycles. The summed E-state index contributed by atoms with van der Waals surface area (Å²) in [6.45, 7) is 2.99. The predicted molar refractivity (Wildman–Crippen MR) is 149 cm³/mol. The summed E-state index contributed by atoms with van der Waals surface area (Å²) < 4.78 is 13.2. The first-order chi connectivity index (χ1) is 19.0. The number of esters is 1. The molecule has 0 spiro atoms. The number of nitrogens with two attached hydrogens (primary N) is 1. The van der Waals surface area contributed by atoms with Crippen LogP contribution in [0, 0.1) is 0 Å². The third-order valence-corrected chi connectivity index (χ3v) is 6.47. The van der Waals surface area contributed by atoms with Gasteiger partial charge in [-0.1, -0.05) is 30.3 Å². The molecule has 10 heteroatoms. The van der Waals surface area contributed by atoms with Crippen molar-refractivity contribution in [3.05, 3.63) is 82.8 Å². The van der Waals surface area contributed by atoms with Gasteiger partial charge in [0.1, 0.15) is 18.1 Å². The summed E-state index contributed by atoms with van der Waals surface area (Å²) in [5, 5.41) is 0.885. The second kappa shape index (κ2) is 10.1. The Kier molecular flexibility index (Phi) is 6.29. The minimum Gasteiger partial charge on any atom is -0.489 e. The molecule has 3 aromatic heterocycles. The summed E-state index contributed by atoms with van der Waals surface area (Å²) in [4.78, 5) is 39.4. The summed E-state index contributed by atoms with van der Waals surface area (Å²) in [5.41, 5.74) is 10.8. The summed E-state index contributed by atoms with van der Waals surface area (Å²) in [6, 6.07) is 19.4. The average molecular weight is 523 g/mol. The van der Waals surface area contributed by atoms with E-state index >= 15 is 0 Å². The molecule has 3 heterocycles. The molecule has 39 heavy (non-hydrogen) atoms. The van der Waals surface area contributed by atoms with Gasteiger partial charge in [0.25, 0.3) is 5.56 Å². The lowest BCUT2D eigenvalue weighted by Gasteiger charge is -2.08. The molecule has 10 nitrogen and oxygen atoms in total. The van der Waals surface area contributed by atoms with Gasteiger partial charge in [-0.15, -0.1) is 0 Å². The summed E-state index contributed by atoms with van der Waals surface area (Å²) in [7, 11) is 0. The van der Waals surface area contributed by atoms with E-state index in [4.69, 9.17) is 20.2 Å². The molecule has 0 aliphatic rings. The van der Waals surface area contributed by atoms with Crippen molar-refractivity contribution in [3.8, 4) is 23.0 Å². The minimum absolute atomic E-state index is 0.0867. The van der Waals surface area contributed by atoms with E-state index in [9.17, 15) is 9.59 Å². The first kappa shape index (κ1) is 24.4. The number of hydrogen-bond acceptors (Lipinski definition) is 7. The number of nitrogens with zero attached hydrogens (tertiary/aromatic N) is 3. The topological polar surface area (TPSA) is 141 Å². The maximum atomic E-state index is 13.2. The van der Waals surface area contributed by atoms with Crippen LogP contribution in [-0.4, -0.2) is 37.0 Å². The first-order valence-electron chi connectivity index (χ1n) is 12.6. The number of fused-ring (bicyclic) bond motifs is 3. The molecule has 0 radical (unpaired) electrons. The zero-order valence-electron chi connectivity index (χ0n) is 21.2. The van der Waals surface area contributed by atoms with Crippen molar-refractivity contribution in [2.24, 2.45) is 5.73 Å². The zero-order valence-corrected chi connectivity index (χ0v) is 21.2. The van der Waals surface area contributed by atoms with Crippen LogP contribution in [0.1, 0.15) is 18.9 Å². The second-order valence-corrected chi connectivity index (χ2v) is 9.27. The number of imidazole rings is 1. The standard InChI is InChI=1S/C29H26N6O4/c1-17(36)39-29-33-24-13-22-23(14-25(24)34-29)32-28(37)27(31-22)21-15-35(11-5-10-30)26-12-19(8-9-20(21)26)38-16-18-6-3-2-4-7-18/h2-4,6-9,12-15H,5,10-11,16,30H2,1H3,(H,32,37)(H,33,34). The number of carbonyl (C=O) groups is 1. The fraction of sp³-hybridized carbons (Fsp3) is 0.172. The smallest absolute Gasteiger partial charge is 0.310 e. The second-order valence-electron chi connectivity index (χ2n) is 9.27. The van der Waals surface area contributed by atoms with Crippen LogP contribution in [-0.2, 0) is 17.9 Å². The van der Waals surface area contributed by atoms with Crippen molar-refractivity contribution in [1.82, 2.24) is 24.5 Å². The molecular formula is C29H26N6O4. The predicted octanol–water partition coefficient (Wildman–Crippen LogP) is 4.27. The molecule has 0 aliphatic heterocycles. The van der Waals surface area contributed by atoms with E-state index in [0.29, 0.717) is 53.0 Å². The third kappa shape index (κ3) is 4.85. The minimum atomic E-state index is -0.480. The molecule has 196 valence electrons. The number of H-pyrrole nitrogens is 2. The zero-order chi connectivity index (χ0) is 26.9. The van der Waals surface area contributed by atoms with Crippen LogP contribution in [0.2, 0.25) is 0 Å². The number of aromatic nitrogens is 5. The molecular weight excluding hydrogens is 496 g/mol. The molecule has 0 saturated carbocycles. The summed E-state index contributed by atoms with van der Waals surface area (Å²) in [5.74, 6) is 0.252. The molecule has 4 N–H and O–H groups in total. The maximum Gasteiger partial charge on any atom is 0.310 e. The normalized spacial score (nSPS) is 11.4. The highest BCUT2D eigenvalue weighted by atomic mass is 16.5. The van der Waals surface area contributed by atoms with Gasteiger partial charge in [0.05, 0.1) is 27.6 Å². The Morgan fingerprint density at radius 3 is 2.54 bits per heavy atom. The van der Waals surface area contributed by atoms with Gasteiger partial charge < -0.3 is 29.7 Å². The van der Waals surface area contributed by atoms with E-state index in [1.807, 2.05) is 54.7 Å². The van der Waals surface area contributed by atoms with Crippen LogP contribution in [0.4, 0.5) is 0 Å². The van der Waals surface area contributed by atoms with Crippen molar-refractivity contribution in [3.63, 3.8) is 0 Å². The number of aryl methyl sites for hydroxylation is 1. The van der Waals surface area contributed by atoms with Crippen molar-refractivity contribution in [2.45, 2.75) is 26.5 Å². The number of ether oxygens (including phenoxy) is 2. The van der Waals surface area contributed by atoms with Crippen LogP contribution in [0.15, 0.2) is 71.7 Å². The number of hydrogen-bond donors (Lipinski definition) is 3. The quantitative estimate of drug-likeness (QED) is 0.254. The lowest BCUT2D eigenvalue weighted by Crippen LogP contribution is -2.11. The SMILES string of the molecule is CC(=O)Oc1nc2cc3[nH]c(=O)c(-c4cn(CCCN)c5cc(OCc6ccccc6)ccc45)nc3cc2[nH]1. The largest absolute Gasteiger partial charge is 0.489 e. The average Bonchev–Trinajstić information content (AvgIpc) is 3.48. The number of aromatic amines is 2. The van der Waals surface area contributed by atoms with Gasteiger partial charge in [-0.2, -0.15) is 4.98 Å². The van der Waals surface area contributed by atoms with E-state index in [-0.39, 0.29) is 11.6 Å². The lowest BCUT2D eigenvalue weighted by molar-refractivity contribution is -0.132. The molecule has 0 unspecified atom stereocenters. The molecule has 6 aromatic rings. The number of nitrogens with one attached hydrogen (secondary N) is 2. The number of benzene rings is 3. The Balaban J connectivity index is 1.42. The first-order valence-corrected chi connectivity index (χ1v) is 12.6. The fourth-order valence-electron chi connectivity index (χ4n) is 4.67. The van der Waals surface area contributed by atoms with E-state index in [2.05, 4.69) is 19.5 Å². The van der Waals surface area contributed by atoms with Gasteiger partial charge in [-0.05, 0) is 42.8 Å². The molecule has 6 rings (SSSR count). The van der Waals surface area contributed by atoms with Crippen LogP contribution in [0.5, 0.6) is 11.8 Å². The van der Waals surface area contributed by atoms with Crippen molar-refractivity contribution in [1.29, 1.82) is 0 Å². The molecule has 0 aliphatic carbocycles.